The summed E-state index contributed by atoms with van der Waals surface area (Å²) in [7, 11) is 2.15. The van der Waals surface area contributed by atoms with Crippen molar-refractivity contribution in [1.82, 2.24) is 24.5 Å². The lowest BCUT2D eigenvalue weighted by Gasteiger charge is -2.28. The highest BCUT2D eigenvalue weighted by Crippen LogP contribution is 2.28. The molecule has 0 atom stereocenters. The molecule has 1 aliphatic heterocycles. The molecule has 1 fully saturated rings. The average Bonchev–Trinajstić information content (AvgIpc) is 3.46. The van der Waals surface area contributed by atoms with Gasteiger partial charge in [0, 0.05) is 17.5 Å². The van der Waals surface area contributed by atoms with Crippen LogP contribution in [0.5, 0.6) is 0 Å². The number of rotatable bonds is 4. The molecule has 1 saturated heterocycles. The monoisotopic (exact) mass is 390 g/mol. The average molecular weight is 390 g/mol. The van der Waals surface area contributed by atoms with E-state index in [0.717, 1.165) is 67.8 Å². The lowest BCUT2D eigenvalue weighted by atomic mass is 10.1. The molecule has 0 bridgehead atoms. The van der Waals surface area contributed by atoms with Gasteiger partial charge in [-0.05, 0) is 64.4 Å². The zero-order chi connectivity index (χ0) is 19.8. The molecule has 1 aromatic carbocycles. The van der Waals surface area contributed by atoms with Crippen LogP contribution in [0.4, 0.5) is 5.69 Å². The van der Waals surface area contributed by atoms with Gasteiger partial charge in [0.05, 0.1) is 23.6 Å². The van der Waals surface area contributed by atoms with Crippen molar-refractivity contribution < 1.29 is 4.79 Å². The normalized spacial score (nSPS) is 17.4. The summed E-state index contributed by atoms with van der Waals surface area (Å²) in [4.78, 5) is 15.4. The number of hydrogen-bond acceptors (Lipinski definition) is 4. The van der Waals surface area contributed by atoms with Crippen molar-refractivity contribution in [1.29, 1.82) is 0 Å². The van der Waals surface area contributed by atoms with Crippen LogP contribution in [0.15, 0.2) is 42.7 Å². The Morgan fingerprint density at radius 1 is 1.14 bits per heavy atom. The second-order valence-electron chi connectivity index (χ2n) is 8.07. The third-order valence-corrected chi connectivity index (χ3v) is 6.07. The number of nitrogens with one attached hydrogen (secondary N) is 1. The van der Waals surface area contributed by atoms with Crippen molar-refractivity contribution in [3.05, 3.63) is 59.7 Å². The molecule has 1 amide bonds. The summed E-state index contributed by atoms with van der Waals surface area (Å²) in [5.74, 6) is -0.152. The second kappa shape index (κ2) is 7.48. The largest absolute Gasteiger partial charge is 0.318 e. The van der Waals surface area contributed by atoms with Gasteiger partial charge in [-0.2, -0.15) is 10.2 Å². The van der Waals surface area contributed by atoms with Gasteiger partial charge >= 0.3 is 0 Å². The molecule has 1 aliphatic carbocycles. The lowest BCUT2D eigenvalue weighted by Crippen LogP contribution is -2.31. The third-order valence-electron chi connectivity index (χ3n) is 6.07. The number of para-hydroxylation sites is 1. The van der Waals surface area contributed by atoms with Crippen LogP contribution in [0.2, 0.25) is 0 Å². The number of carbonyl (C=O) groups excluding carboxylic acids is 1. The highest BCUT2D eigenvalue weighted by molar-refractivity contribution is 6.04. The molecule has 0 saturated carbocycles. The molecule has 1 N–H and O–H groups in total. The first kappa shape index (κ1) is 18.1. The predicted molar refractivity (Wildman–Crippen MR) is 112 cm³/mol. The van der Waals surface area contributed by atoms with E-state index in [2.05, 4.69) is 27.5 Å². The van der Waals surface area contributed by atoms with Crippen LogP contribution in [0.3, 0.4) is 0 Å². The molecule has 2 aliphatic rings. The maximum absolute atomic E-state index is 13.0. The summed E-state index contributed by atoms with van der Waals surface area (Å²) in [6, 6.07) is 10.4. The van der Waals surface area contributed by atoms with Crippen LogP contribution < -0.4 is 5.32 Å². The van der Waals surface area contributed by atoms with E-state index in [9.17, 15) is 4.79 Å². The number of carbonyl (C=O) groups is 1. The minimum absolute atomic E-state index is 0.152. The molecule has 0 unspecified atom stereocenters. The first-order valence-electron chi connectivity index (χ1n) is 10.4. The van der Waals surface area contributed by atoms with Crippen molar-refractivity contribution in [3.8, 4) is 5.69 Å². The Labute approximate surface area is 170 Å². The van der Waals surface area contributed by atoms with Crippen LogP contribution in [-0.4, -0.2) is 50.5 Å². The number of amides is 1. The van der Waals surface area contributed by atoms with Crippen LogP contribution in [-0.2, 0) is 12.8 Å². The summed E-state index contributed by atoms with van der Waals surface area (Å²) >= 11 is 0. The Bertz CT molecular complexity index is 1010. The van der Waals surface area contributed by atoms with Crippen LogP contribution >= 0.6 is 0 Å². The van der Waals surface area contributed by atoms with Gasteiger partial charge in [-0.1, -0.05) is 18.2 Å². The SMILES string of the molecule is CN1CCC(n2cc(NC(=O)c3nn(-c4ccccc4)c4c3CCC4)cn2)CC1. The van der Waals surface area contributed by atoms with Crippen molar-refractivity contribution in [3.63, 3.8) is 0 Å². The fraction of sp³-hybridized carbons (Fsp3) is 0.409. The highest BCUT2D eigenvalue weighted by Gasteiger charge is 2.27. The minimum Gasteiger partial charge on any atom is -0.318 e. The Morgan fingerprint density at radius 3 is 2.72 bits per heavy atom. The van der Waals surface area contributed by atoms with Gasteiger partial charge in [0.25, 0.3) is 5.91 Å². The predicted octanol–water partition coefficient (Wildman–Crippen LogP) is 3.08. The van der Waals surface area contributed by atoms with Crippen molar-refractivity contribution in [2.45, 2.75) is 38.1 Å². The first-order valence-corrected chi connectivity index (χ1v) is 10.4. The van der Waals surface area contributed by atoms with Gasteiger partial charge < -0.3 is 10.2 Å². The fourth-order valence-electron chi connectivity index (χ4n) is 4.45. The van der Waals surface area contributed by atoms with Gasteiger partial charge in [-0.15, -0.1) is 0 Å². The molecular weight excluding hydrogens is 364 g/mol. The zero-order valence-electron chi connectivity index (χ0n) is 16.7. The van der Waals surface area contributed by atoms with Crippen LogP contribution in [0.25, 0.3) is 5.69 Å². The summed E-state index contributed by atoms with van der Waals surface area (Å²) in [5.41, 5.74) is 4.50. The summed E-state index contributed by atoms with van der Waals surface area (Å²) < 4.78 is 3.93. The van der Waals surface area contributed by atoms with Crippen LogP contribution in [0.1, 0.15) is 47.1 Å². The lowest BCUT2D eigenvalue weighted by molar-refractivity contribution is 0.102. The van der Waals surface area contributed by atoms with E-state index < -0.39 is 0 Å². The number of nitrogens with zero attached hydrogens (tertiary/aromatic N) is 5. The Kier molecular flexibility index (Phi) is 4.67. The summed E-state index contributed by atoms with van der Waals surface area (Å²) in [5, 5.41) is 12.2. The van der Waals surface area contributed by atoms with Gasteiger partial charge in [-0.25, -0.2) is 4.68 Å². The van der Waals surface area contributed by atoms with E-state index in [-0.39, 0.29) is 5.91 Å². The topological polar surface area (TPSA) is 68.0 Å². The van der Waals surface area contributed by atoms with Gasteiger partial charge in [0.15, 0.2) is 5.69 Å². The maximum atomic E-state index is 13.0. The summed E-state index contributed by atoms with van der Waals surface area (Å²) in [6.45, 7) is 2.16. The first-order chi connectivity index (χ1) is 14.2. The number of benzene rings is 1. The molecule has 7 heteroatoms. The van der Waals surface area contributed by atoms with Crippen molar-refractivity contribution >= 4 is 11.6 Å². The Balaban J connectivity index is 1.36. The van der Waals surface area contributed by atoms with E-state index in [1.807, 2.05) is 45.9 Å². The molecule has 0 radical (unpaired) electrons. The van der Waals surface area contributed by atoms with E-state index >= 15 is 0 Å². The van der Waals surface area contributed by atoms with Crippen molar-refractivity contribution in [2.75, 3.05) is 25.5 Å². The molecule has 3 heterocycles. The zero-order valence-corrected chi connectivity index (χ0v) is 16.7. The van der Waals surface area contributed by atoms with Gasteiger partial charge in [0.1, 0.15) is 0 Å². The van der Waals surface area contributed by atoms with Gasteiger partial charge in [0.2, 0.25) is 0 Å². The summed E-state index contributed by atoms with van der Waals surface area (Å²) in [6.07, 6.45) is 8.78. The van der Waals surface area contributed by atoms with Crippen molar-refractivity contribution in [2.24, 2.45) is 0 Å². The molecule has 29 heavy (non-hydrogen) atoms. The number of anilines is 1. The molecule has 150 valence electrons. The quantitative estimate of drug-likeness (QED) is 0.743. The number of likely N-dealkylation sites (tertiary alicyclic amines) is 1. The molecule has 3 aromatic rings. The number of piperidine rings is 1. The minimum atomic E-state index is -0.152. The number of aromatic nitrogens is 4. The maximum Gasteiger partial charge on any atom is 0.276 e. The second-order valence-corrected chi connectivity index (χ2v) is 8.07. The highest BCUT2D eigenvalue weighted by atomic mass is 16.2. The molecule has 0 spiro atoms. The van der Waals surface area contributed by atoms with Gasteiger partial charge in [-0.3, -0.25) is 9.48 Å². The Hall–Kier alpha value is -2.93. The fourth-order valence-corrected chi connectivity index (χ4v) is 4.45. The molecule has 2 aromatic heterocycles. The standard InChI is InChI=1S/C22H26N6O/c1-26-12-10-17(11-13-26)27-15-16(14-23-27)24-22(29)21-19-8-5-9-20(19)28(25-21)18-6-3-2-4-7-18/h2-4,6-7,14-15,17H,5,8-13H2,1H3,(H,24,29). The molecule has 7 nitrogen and oxygen atoms in total. The van der Waals surface area contributed by atoms with Crippen LogP contribution in [0, 0.1) is 0 Å². The number of hydrogen-bond donors (Lipinski definition) is 1. The molecule has 5 rings (SSSR count). The van der Waals surface area contributed by atoms with E-state index in [1.165, 1.54) is 0 Å². The number of fused-ring (bicyclic) bond motifs is 1. The van der Waals surface area contributed by atoms with E-state index in [4.69, 9.17) is 0 Å². The van der Waals surface area contributed by atoms with E-state index in [0.29, 0.717) is 11.7 Å². The third kappa shape index (κ3) is 3.46. The molecular formula is C22H26N6O. The Morgan fingerprint density at radius 2 is 1.93 bits per heavy atom. The van der Waals surface area contributed by atoms with E-state index in [1.54, 1.807) is 6.20 Å². The smallest absolute Gasteiger partial charge is 0.276 e.